The number of ketones is 1. The second-order valence-corrected chi connectivity index (χ2v) is 13.0. The van der Waals surface area contributed by atoms with Crippen molar-refractivity contribution in [2.24, 2.45) is 11.8 Å². The largest absolute Gasteiger partial charge is 0.389 e. The minimum atomic E-state index is -0.388. The molecule has 2 aliphatic rings. The molecule has 1 amide bonds. The lowest BCUT2D eigenvalue weighted by molar-refractivity contribution is -0.122. The second-order valence-electron chi connectivity index (χ2n) is 13.0. The van der Waals surface area contributed by atoms with Gasteiger partial charge in [-0.1, -0.05) is 87.9 Å². The van der Waals surface area contributed by atoms with Crippen LogP contribution in [-0.4, -0.2) is 41.7 Å². The van der Waals surface area contributed by atoms with Crippen LogP contribution < -0.4 is 5.32 Å². The summed E-state index contributed by atoms with van der Waals surface area (Å²) in [4.78, 5) is 25.0. The summed E-state index contributed by atoms with van der Waals surface area (Å²) < 4.78 is 6.02. The first-order chi connectivity index (χ1) is 19.2. The number of carbonyl (C=O) groups excluding carboxylic acids is 2. The van der Waals surface area contributed by atoms with Crippen molar-refractivity contribution in [2.75, 3.05) is 13.2 Å². The summed E-state index contributed by atoms with van der Waals surface area (Å²) in [6.45, 7) is 7.95. The third kappa shape index (κ3) is 10.4. The molecule has 1 heterocycles. The molecule has 1 aromatic rings. The van der Waals surface area contributed by atoms with Crippen molar-refractivity contribution in [1.29, 1.82) is 0 Å². The van der Waals surface area contributed by atoms with Crippen molar-refractivity contribution in [2.45, 2.75) is 134 Å². The molecule has 3 rings (SSSR count). The molecule has 40 heavy (non-hydrogen) atoms. The number of ether oxygens (including phenoxy) is 1. The Kier molecular flexibility index (Phi) is 13.4. The van der Waals surface area contributed by atoms with E-state index in [9.17, 15) is 14.7 Å². The molecule has 2 fully saturated rings. The highest BCUT2D eigenvalue weighted by Crippen LogP contribution is 2.43. The number of unbranched alkanes of at least 4 members (excludes halogenated alkanes) is 5. The molecule has 1 aliphatic carbocycles. The van der Waals surface area contributed by atoms with Gasteiger partial charge in [0.05, 0.1) is 11.7 Å². The zero-order valence-electron chi connectivity index (χ0n) is 25.5. The van der Waals surface area contributed by atoms with Crippen LogP contribution in [0.5, 0.6) is 0 Å². The molecule has 224 valence electrons. The Morgan fingerprint density at radius 3 is 2.65 bits per heavy atom. The Morgan fingerprint density at radius 1 is 1.12 bits per heavy atom. The molecule has 0 aromatic heterocycles. The fourth-order valence-corrected chi connectivity index (χ4v) is 6.92. The molecule has 5 heteroatoms. The molecule has 0 radical (unpaired) electrons. The van der Waals surface area contributed by atoms with Crippen molar-refractivity contribution in [3.63, 3.8) is 0 Å². The van der Waals surface area contributed by atoms with E-state index in [1.165, 1.54) is 5.56 Å². The van der Waals surface area contributed by atoms with Gasteiger partial charge in [-0.3, -0.25) is 9.59 Å². The third-order valence-corrected chi connectivity index (χ3v) is 9.16. The lowest BCUT2D eigenvalue weighted by Gasteiger charge is -2.45. The molecule has 2 N–H and O–H groups in total. The smallest absolute Gasteiger partial charge is 0.219 e. The summed E-state index contributed by atoms with van der Waals surface area (Å²) in [7, 11) is 0. The van der Waals surface area contributed by atoms with Crippen molar-refractivity contribution < 1.29 is 19.4 Å². The maximum atomic E-state index is 12.6. The standard InChI is InChI=1S/C35H55NO4/c1-4-5-9-16-30(37)21-19-28-20-22-32(38)31(28)17-12-6-7-13-18-33(39)36-25-23-35(29-14-10-8-11-15-29)24-26-40-34(2,3)27-35/h8,10-11,14-15,19,21,28,30-31,37H,4-7,9,12-13,16-18,20,22-27H2,1-3H3,(H,36,39). The van der Waals surface area contributed by atoms with E-state index in [4.69, 9.17) is 4.74 Å². The predicted molar refractivity (Wildman–Crippen MR) is 163 cm³/mol. The summed E-state index contributed by atoms with van der Waals surface area (Å²) in [6.07, 6.45) is 17.8. The topological polar surface area (TPSA) is 75.6 Å². The number of hydrogen-bond donors (Lipinski definition) is 2. The van der Waals surface area contributed by atoms with Gasteiger partial charge in [0.2, 0.25) is 5.91 Å². The number of aliphatic hydroxyl groups excluding tert-OH is 1. The van der Waals surface area contributed by atoms with Crippen molar-refractivity contribution in [1.82, 2.24) is 5.32 Å². The lowest BCUT2D eigenvalue weighted by Crippen LogP contribution is -2.45. The highest BCUT2D eigenvalue weighted by molar-refractivity contribution is 5.83. The summed E-state index contributed by atoms with van der Waals surface area (Å²) in [5.41, 5.74) is 1.23. The first-order valence-corrected chi connectivity index (χ1v) is 16.1. The Hall–Kier alpha value is -1.98. The number of nitrogens with one attached hydrogen (secondary N) is 1. The minimum absolute atomic E-state index is 0.0359. The van der Waals surface area contributed by atoms with Crippen LogP contribution in [0.4, 0.5) is 0 Å². The molecule has 4 atom stereocenters. The summed E-state index contributed by atoms with van der Waals surface area (Å²) in [6, 6.07) is 10.7. The Morgan fingerprint density at radius 2 is 1.90 bits per heavy atom. The van der Waals surface area contributed by atoms with Gasteiger partial charge in [0, 0.05) is 37.3 Å². The van der Waals surface area contributed by atoms with Gasteiger partial charge in [0.25, 0.3) is 0 Å². The quantitative estimate of drug-likeness (QED) is 0.155. The van der Waals surface area contributed by atoms with Crippen LogP contribution in [0.3, 0.4) is 0 Å². The summed E-state index contributed by atoms with van der Waals surface area (Å²) in [5, 5.41) is 13.4. The van der Waals surface area contributed by atoms with Gasteiger partial charge < -0.3 is 15.2 Å². The van der Waals surface area contributed by atoms with Gasteiger partial charge in [0.15, 0.2) is 0 Å². The van der Waals surface area contributed by atoms with Crippen LogP contribution in [-0.2, 0) is 19.7 Å². The molecule has 0 bridgehead atoms. The van der Waals surface area contributed by atoms with Crippen LogP contribution in [0, 0.1) is 11.8 Å². The summed E-state index contributed by atoms with van der Waals surface area (Å²) >= 11 is 0. The number of allylic oxidation sites excluding steroid dienone is 1. The number of amides is 1. The van der Waals surface area contributed by atoms with E-state index in [0.717, 1.165) is 90.1 Å². The second kappa shape index (κ2) is 16.5. The lowest BCUT2D eigenvalue weighted by atomic mass is 9.67. The monoisotopic (exact) mass is 553 g/mol. The number of hydrogen-bond acceptors (Lipinski definition) is 4. The Labute approximate surface area is 243 Å². The molecular formula is C35H55NO4. The van der Waals surface area contributed by atoms with E-state index in [0.29, 0.717) is 25.2 Å². The molecule has 1 saturated heterocycles. The van der Waals surface area contributed by atoms with E-state index >= 15 is 0 Å². The number of aliphatic hydroxyl groups is 1. The van der Waals surface area contributed by atoms with Crippen molar-refractivity contribution in [3.05, 3.63) is 48.0 Å². The minimum Gasteiger partial charge on any atom is -0.389 e. The SMILES string of the molecule is CCCCCC(O)C=CC1CCC(=O)C1CCCCCCC(=O)NCCC1(c2ccccc2)CCOC(C)(C)C1. The zero-order chi connectivity index (χ0) is 28.8. The van der Waals surface area contributed by atoms with Crippen molar-refractivity contribution >= 4 is 11.7 Å². The van der Waals surface area contributed by atoms with E-state index < -0.39 is 0 Å². The molecule has 1 aliphatic heterocycles. The van der Waals surface area contributed by atoms with E-state index in [1.807, 2.05) is 6.08 Å². The molecule has 4 unspecified atom stereocenters. The molecular weight excluding hydrogens is 498 g/mol. The average molecular weight is 554 g/mol. The number of carbonyl (C=O) groups is 2. The van der Waals surface area contributed by atoms with E-state index in [2.05, 4.69) is 62.5 Å². The highest BCUT2D eigenvalue weighted by atomic mass is 16.5. The molecule has 5 nitrogen and oxygen atoms in total. The maximum Gasteiger partial charge on any atom is 0.219 e. The normalized spacial score (nSPS) is 25.4. The first-order valence-electron chi connectivity index (χ1n) is 16.1. The summed E-state index contributed by atoms with van der Waals surface area (Å²) in [5.74, 6) is 0.910. The van der Waals surface area contributed by atoms with Crippen LogP contribution in [0.1, 0.15) is 123 Å². The third-order valence-electron chi connectivity index (χ3n) is 9.16. The molecule has 0 spiro atoms. The van der Waals surface area contributed by atoms with Crippen LogP contribution in [0.15, 0.2) is 42.5 Å². The van der Waals surface area contributed by atoms with Gasteiger partial charge in [-0.05, 0) is 70.3 Å². The fraction of sp³-hybridized carbons (Fsp3) is 0.714. The van der Waals surface area contributed by atoms with Crippen molar-refractivity contribution in [3.8, 4) is 0 Å². The van der Waals surface area contributed by atoms with Gasteiger partial charge in [-0.15, -0.1) is 0 Å². The van der Waals surface area contributed by atoms with Crippen LogP contribution in [0.2, 0.25) is 0 Å². The van der Waals surface area contributed by atoms with Gasteiger partial charge >= 0.3 is 0 Å². The fourth-order valence-electron chi connectivity index (χ4n) is 6.92. The van der Waals surface area contributed by atoms with Crippen LogP contribution in [0.25, 0.3) is 0 Å². The number of Topliss-reactive ketones (excluding diaryl/α,β-unsaturated/α-hetero) is 1. The number of benzene rings is 1. The zero-order valence-corrected chi connectivity index (χ0v) is 25.5. The Balaban J connectivity index is 1.32. The van der Waals surface area contributed by atoms with Gasteiger partial charge in [-0.2, -0.15) is 0 Å². The molecule has 1 aromatic carbocycles. The predicted octanol–water partition coefficient (Wildman–Crippen LogP) is 7.45. The maximum absolute atomic E-state index is 12.6. The highest BCUT2D eigenvalue weighted by Gasteiger charge is 2.41. The number of rotatable bonds is 17. The Bertz CT molecular complexity index is 927. The molecule has 1 saturated carbocycles. The van der Waals surface area contributed by atoms with Gasteiger partial charge in [-0.25, -0.2) is 0 Å². The van der Waals surface area contributed by atoms with E-state index in [-0.39, 0.29) is 34.9 Å². The van der Waals surface area contributed by atoms with Gasteiger partial charge in [0.1, 0.15) is 5.78 Å². The van der Waals surface area contributed by atoms with E-state index in [1.54, 1.807) is 0 Å². The average Bonchev–Trinajstić information content (AvgIpc) is 3.28. The van der Waals surface area contributed by atoms with Crippen LogP contribution >= 0.6 is 0 Å². The first kappa shape index (κ1) is 32.5.